The Morgan fingerprint density at radius 3 is 2.54 bits per heavy atom. The smallest absolute Gasteiger partial charge is 0.258 e. The van der Waals surface area contributed by atoms with Crippen LogP contribution in [0.2, 0.25) is 5.02 Å². The van der Waals surface area contributed by atoms with Gasteiger partial charge < -0.3 is 0 Å². The third-order valence-corrected chi connectivity index (χ3v) is 1.86. The zero-order valence-corrected chi connectivity index (χ0v) is 7.54. The van der Waals surface area contributed by atoms with Crippen LogP contribution < -0.4 is 0 Å². The molecular weight excluding hydrogens is 190 g/mol. The van der Waals surface area contributed by atoms with Crippen LogP contribution in [0.15, 0.2) is 24.8 Å². The summed E-state index contributed by atoms with van der Waals surface area (Å²) in [6, 6.07) is 4.20. The van der Waals surface area contributed by atoms with E-state index >= 15 is 0 Å². The van der Waals surface area contributed by atoms with E-state index in [9.17, 15) is 10.1 Å². The van der Waals surface area contributed by atoms with Crippen LogP contribution in [0.4, 0.5) is 5.69 Å². The van der Waals surface area contributed by atoms with Gasteiger partial charge in [-0.3, -0.25) is 10.1 Å². The molecule has 0 bridgehead atoms. The fourth-order valence-electron chi connectivity index (χ4n) is 0.904. The lowest BCUT2D eigenvalue weighted by Gasteiger charge is -2.01. The molecule has 0 amide bonds. The van der Waals surface area contributed by atoms with Gasteiger partial charge in [-0.1, -0.05) is 18.2 Å². The van der Waals surface area contributed by atoms with Gasteiger partial charge in [0.2, 0.25) is 0 Å². The maximum atomic E-state index is 10.3. The third-order valence-electron chi connectivity index (χ3n) is 1.54. The van der Waals surface area contributed by atoms with Crippen molar-refractivity contribution in [1.82, 2.24) is 0 Å². The molecule has 1 radical (unpaired) electrons. The Morgan fingerprint density at radius 1 is 1.54 bits per heavy atom. The SMILES string of the molecule is [CH2]C(=C)c1ccc([N+](=O)[O-])cc1Cl. The minimum Gasteiger partial charge on any atom is -0.258 e. The van der Waals surface area contributed by atoms with Gasteiger partial charge in [-0.05, 0) is 24.1 Å². The monoisotopic (exact) mass is 196 g/mol. The number of benzene rings is 1. The first kappa shape index (κ1) is 9.74. The van der Waals surface area contributed by atoms with Gasteiger partial charge in [0, 0.05) is 12.1 Å². The van der Waals surface area contributed by atoms with Gasteiger partial charge in [-0.2, -0.15) is 0 Å². The second-order valence-corrected chi connectivity index (χ2v) is 2.93. The van der Waals surface area contributed by atoms with Crippen molar-refractivity contribution in [2.75, 3.05) is 0 Å². The highest BCUT2D eigenvalue weighted by Gasteiger charge is 2.08. The molecule has 67 valence electrons. The number of allylic oxidation sites excluding steroid dienone is 1. The molecule has 0 aromatic heterocycles. The van der Waals surface area contributed by atoms with E-state index in [-0.39, 0.29) is 5.69 Å². The molecule has 1 rings (SSSR count). The number of nitro groups is 1. The Hall–Kier alpha value is -1.35. The molecule has 13 heavy (non-hydrogen) atoms. The Morgan fingerprint density at radius 2 is 2.15 bits per heavy atom. The maximum absolute atomic E-state index is 10.3. The molecule has 4 heteroatoms. The number of halogens is 1. The summed E-state index contributed by atoms with van der Waals surface area (Å²) in [4.78, 5) is 9.84. The summed E-state index contributed by atoms with van der Waals surface area (Å²) in [5.41, 5.74) is 1.14. The van der Waals surface area contributed by atoms with Gasteiger partial charge in [-0.25, -0.2) is 0 Å². The van der Waals surface area contributed by atoms with Crippen LogP contribution in [0.5, 0.6) is 0 Å². The lowest BCUT2D eigenvalue weighted by atomic mass is 10.1. The standard InChI is InChI=1S/C9H7ClNO2/c1-6(2)8-4-3-7(11(12)13)5-9(8)10/h3-5H,1-2H2. The molecule has 0 saturated carbocycles. The molecule has 0 N–H and O–H groups in total. The lowest BCUT2D eigenvalue weighted by Crippen LogP contribution is -1.89. The van der Waals surface area contributed by atoms with Crippen molar-refractivity contribution >= 4 is 22.9 Å². The third kappa shape index (κ3) is 2.06. The average molecular weight is 197 g/mol. The summed E-state index contributed by atoms with van der Waals surface area (Å²) >= 11 is 5.76. The molecule has 0 fully saturated rings. The van der Waals surface area contributed by atoms with Crippen LogP contribution in [0.3, 0.4) is 0 Å². The fourth-order valence-corrected chi connectivity index (χ4v) is 1.21. The van der Waals surface area contributed by atoms with E-state index in [0.29, 0.717) is 16.2 Å². The van der Waals surface area contributed by atoms with Crippen molar-refractivity contribution in [3.8, 4) is 0 Å². The predicted molar refractivity (Wildman–Crippen MR) is 52.5 cm³/mol. The molecule has 0 aliphatic carbocycles. The van der Waals surface area contributed by atoms with E-state index < -0.39 is 4.92 Å². The Balaban J connectivity index is 3.20. The molecule has 0 spiro atoms. The zero-order chi connectivity index (χ0) is 10.0. The number of non-ortho nitro benzene ring substituents is 1. The number of hydrogen-bond donors (Lipinski definition) is 0. The van der Waals surface area contributed by atoms with Gasteiger partial charge >= 0.3 is 0 Å². The molecule has 0 aliphatic rings. The van der Waals surface area contributed by atoms with E-state index in [2.05, 4.69) is 13.5 Å². The van der Waals surface area contributed by atoms with Crippen LogP contribution in [-0.2, 0) is 0 Å². The first-order valence-electron chi connectivity index (χ1n) is 3.47. The quantitative estimate of drug-likeness (QED) is 0.539. The van der Waals surface area contributed by atoms with E-state index in [1.165, 1.54) is 18.2 Å². The van der Waals surface area contributed by atoms with Crippen LogP contribution in [-0.4, -0.2) is 4.92 Å². The highest BCUT2D eigenvalue weighted by Crippen LogP contribution is 2.26. The maximum Gasteiger partial charge on any atom is 0.270 e. The van der Waals surface area contributed by atoms with E-state index in [4.69, 9.17) is 11.6 Å². The Labute approximate surface area is 80.8 Å². The molecule has 3 nitrogen and oxygen atoms in total. The summed E-state index contributed by atoms with van der Waals surface area (Å²) in [5.74, 6) is 0. The number of nitro benzene ring substituents is 1. The molecule has 0 saturated heterocycles. The van der Waals surface area contributed by atoms with Crippen molar-refractivity contribution in [1.29, 1.82) is 0 Å². The summed E-state index contributed by atoms with van der Waals surface area (Å²) in [7, 11) is 0. The molecule has 0 heterocycles. The number of rotatable bonds is 2. The summed E-state index contributed by atoms with van der Waals surface area (Å²) in [6.45, 7) is 7.19. The largest absolute Gasteiger partial charge is 0.270 e. The topological polar surface area (TPSA) is 43.1 Å². The van der Waals surface area contributed by atoms with Gasteiger partial charge in [0.15, 0.2) is 0 Å². The van der Waals surface area contributed by atoms with Gasteiger partial charge in [0.1, 0.15) is 0 Å². The number of hydrogen-bond acceptors (Lipinski definition) is 2. The van der Waals surface area contributed by atoms with Crippen LogP contribution in [0, 0.1) is 17.0 Å². The summed E-state index contributed by atoms with van der Waals surface area (Å²) in [5, 5.41) is 10.6. The Kier molecular flexibility index (Phi) is 2.68. The molecule has 0 aliphatic heterocycles. The zero-order valence-electron chi connectivity index (χ0n) is 6.79. The fraction of sp³-hybridized carbons (Fsp3) is 0. The highest BCUT2D eigenvalue weighted by atomic mass is 35.5. The van der Waals surface area contributed by atoms with Gasteiger partial charge in [0.05, 0.1) is 9.95 Å². The van der Waals surface area contributed by atoms with Crippen molar-refractivity contribution in [3.63, 3.8) is 0 Å². The molecule has 0 unspecified atom stereocenters. The number of nitrogens with zero attached hydrogens (tertiary/aromatic N) is 1. The highest BCUT2D eigenvalue weighted by molar-refractivity contribution is 6.32. The van der Waals surface area contributed by atoms with E-state index in [1.54, 1.807) is 0 Å². The minimum atomic E-state index is -0.499. The van der Waals surface area contributed by atoms with Crippen molar-refractivity contribution in [3.05, 3.63) is 52.4 Å². The first-order valence-corrected chi connectivity index (χ1v) is 3.85. The summed E-state index contributed by atoms with van der Waals surface area (Å²) < 4.78 is 0. The van der Waals surface area contributed by atoms with Gasteiger partial charge in [0.25, 0.3) is 5.69 Å². The average Bonchev–Trinajstić information content (AvgIpc) is 2.03. The summed E-state index contributed by atoms with van der Waals surface area (Å²) in [6.07, 6.45) is 0. The van der Waals surface area contributed by atoms with Crippen molar-refractivity contribution < 1.29 is 4.92 Å². The predicted octanol–water partition coefficient (Wildman–Crippen LogP) is 3.10. The second kappa shape index (κ2) is 3.58. The second-order valence-electron chi connectivity index (χ2n) is 2.52. The molecular formula is C9H7ClNO2. The normalized spacial score (nSPS) is 9.69. The van der Waals surface area contributed by atoms with Crippen LogP contribution in [0.1, 0.15) is 5.56 Å². The van der Waals surface area contributed by atoms with E-state index in [0.717, 1.165) is 0 Å². The van der Waals surface area contributed by atoms with Crippen LogP contribution in [0.25, 0.3) is 5.57 Å². The van der Waals surface area contributed by atoms with E-state index in [1.807, 2.05) is 0 Å². The molecule has 1 aromatic rings. The molecule has 1 aromatic carbocycles. The lowest BCUT2D eigenvalue weighted by molar-refractivity contribution is -0.384. The first-order chi connectivity index (χ1) is 6.02. The molecule has 0 atom stereocenters. The van der Waals surface area contributed by atoms with Gasteiger partial charge in [-0.15, -0.1) is 0 Å². The van der Waals surface area contributed by atoms with Crippen LogP contribution >= 0.6 is 11.6 Å². The van der Waals surface area contributed by atoms with Crippen molar-refractivity contribution in [2.24, 2.45) is 0 Å². The Bertz CT molecular complexity index is 374. The minimum absolute atomic E-state index is 0.0324. The van der Waals surface area contributed by atoms with Crippen molar-refractivity contribution in [2.45, 2.75) is 0 Å².